The lowest BCUT2D eigenvalue weighted by Crippen LogP contribution is -2.67. The largest absolute Gasteiger partial charge is 0.349 e. The number of nitrogens with zero attached hydrogens (tertiary/aromatic N) is 4. The van der Waals surface area contributed by atoms with Gasteiger partial charge in [-0.1, -0.05) is 18.2 Å². The molecule has 2 fully saturated rings. The van der Waals surface area contributed by atoms with Crippen LogP contribution in [0.2, 0.25) is 0 Å². The monoisotopic (exact) mass is 334 g/mol. The molecular weight excluding hydrogens is 308 g/mol. The van der Waals surface area contributed by atoms with Gasteiger partial charge in [-0.25, -0.2) is 9.97 Å². The van der Waals surface area contributed by atoms with Crippen LogP contribution in [-0.4, -0.2) is 47.1 Å². The lowest BCUT2D eigenvalue weighted by molar-refractivity contribution is 0.122. The predicted octanol–water partition coefficient (Wildman–Crippen LogP) is 3.89. The molecule has 130 valence electrons. The molecule has 4 nitrogen and oxygen atoms in total. The molecular formula is C21H26N4. The molecule has 4 heterocycles. The van der Waals surface area contributed by atoms with E-state index < -0.39 is 0 Å². The van der Waals surface area contributed by atoms with Crippen molar-refractivity contribution in [2.24, 2.45) is 0 Å². The Morgan fingerprint density at radius 3 is 2.60 bits per heavy atom. The van der Waals surface area contributed by atoms with Crippen LogP contribution < -0.4 is 4.90 Å². The number of pyridine rings is 2. The molecule has 2 aliphatic rings. The van der Waals surface area contributed by atoms with E-state index in [2.05, 4.69) is 35.0 Å². The van der Waals surface area contributed by atoms with Crippen molar-refractivity contribution < 1.29 is 0 Å². The number of hydrogen-bond donors (Lipinski definition) is 0. The predicted molar refractivity (Wildman–Crippen MR) is 105 cm³/mol. The molecule has 1 spiro atoms. The average Bonchev–Trinajstić information content (AvgIpc) is 2.61. The zero-order valence-electron chi connectivity index (χ0n) is 15.2. The van der Waals surface area contributed by atoms with Crippen LogP contribution in [0.25, 0.3) is 17.1 Å². The number of hydrogen-bond acceptors (Lipinski definition) is 4. The minimum absolute atomic E-state index is 0.302. The van der Waals surface area contributed by atoms with Crippen molar-refractivity contribution in [3.63, 3.8) is 0 Å². The fourth-order valence-electron chi connectivity index (χ4n) is 4.18. The second kappa shape index (κ2) is 6.60. The third-order valence-electron chi connectivity index (χ3n) is 5.52. The Bertz CT molecular complexity index is 826. The van der Waals surface area contributed by atoms with Crippen molar-refractivity contribution in [3.05, 3.63) is 48.2 Å². The minimum atomic E-state index is 0.302. The first-order valence-electron chi connectivity index (χ1n) is 9.24. The zero-order valence-corrected chi connectivity index (χ0v) is 15.2. The Hall–Kier alpha value is -2.20. The number of aromatic nitrogens is 2. The summed E-state index contributed by atoms with van der Waals surface area (Å²) in [5, 5.41) is 0. The first kappa shape index (κ1) is 16.3. The second-order valence-corrected chi connectivity index (χ2v) is 7.30. The Labute approximate surface area is 149 Å². The van der Waals surface area contributed by atoms with Crippen LogP contribution in [0.4, 0.5) is 5.82 Å². The van der Waals surface area contributed by atoms with Gasteiger partial charge in [0.05, 0.1) is 22.3 Å². The maximum absolute atomic E-state index is 4.92. The summed E-state index contributed by atoms with van der Waals surface area (Å²) >= 11 is 0. The molecule has 1 unspecified atom stereocenters. The summed E-state index contributed by atoms with van der Waals surface area (Å²) in [6.45, 7) is 5.49. The highest BCUT2D eigenvalue weighted by Gasteiger charge is 2.47. The Morgan fingerprint density at radius 1 is 1.00 bits per heavy atom. The standard InChI is InChI=1S/C21H26N4/c1-3-4-5-7-17-8-9-19-18(22-17)10-11-20(23-19)25-15-13-21(25)12-6-14-24(2)16-21/h3-5,7-11H,6,12-16H2,1-2H3/b4-3+,7-5+. The molecule has 4 heteroatoms. The van der Waals surface area contributed by atoms with Gasteiger partial charge in [-0.3, -0.25) is 0 Å². The van der Waals surface area contributed by atoms with E-state index in [1.54, 1.807) is 0 Å². The maximum atomic E-state index is 4.92. The van der Waals surface area contributed by atoms with Crippen LogP contribution in [0, 0.1) is 0 Å². The average molecular weight is 334 g/mol. The highest BCUT2D eigenvalue weighted by Crippen LogP contribution is 2.41. The molecule has 0 aromatic carbocycles. The van der Waals surface area contributed by atoms with Gasteiger partial charge < -0.3 is 9.80 Å². The fraction of sp³-hybridized carbons (Fsp3) is 0.429. The van der Waals surface area contributed by atoms with E-state index in [4.69, 9.17) is 9.97 Å². The van der Waals surface area contributed by atoms with Gasteiger partial charge in [0.1, 0.15) is 5.82 Å². The van der Waals surface area contributed by atoms with Gasteiger partial charge in [0.15, 0.2) is 0 Å². The molecule has 2 saturated heterocycles. The summed E-state index contributed by atoms with van der Waals surface area (Å²) in [4.78, 5) is 14.6. The van der Waals surface area contributed by atoms with E-state index in [1.807, 2.05) is 37.3 Å². The second-order valence-electron chi connectivity index (χ2n) is 7.30. The molecule has 0 radical (unpaired) electrons. The SMILES string of the molecule is C/C=C/C=C/c1ccc2nc(N3CCC34CCCN(C)C4)ccc2n1. The van der Waals surface area contributed by atoms with Crippen molar-refractivity contribution in [2.75, 3.05) is 31.6 Å². The number of piperidine rings is 1. The highest BCUT2D eigenvalue weighted by atomic mass is 15.3. The fourth-order valence-corrected chi connectivity index (χ4v) is 4.18. The van der Waals surface area contributed by atoms with Crippen LogP contribution in [0.5, 0.6) is 0 Å². The molecule has 2 aliphatic heterocycles. The van der Waals surface area contributed by atoms with Gasteiger partial charge in [-0.05, 0) is 70.1 Å². The van der Waals surface area contributed by atoms with E-state index in [9.17, 15) is 0 Å². The van der Waals surface area contributed by atoms with Gasteiger partial charge >= 0.3 is 0 Å². The third-order valence-corrected chi connectivity index (χ3v) is 5.52. The summed E-state index contributed by atoms with van der Waals surface area (Å²) in [6, 6.07) is 8.38. The van der Waals surface area contributed by atoms with Crippen LogP contribution in [0.1, 0.15) is 31.9 Å². The topological polar surface area (TPSA) is 32.3 Å². The number of fused-ring (bicyclic) bond motifs is 1. The molecule has 4 rings (SSSR count). The summed E-state index contributed by atoms with van der Waals surface area (Å²) < 4.78 is 0. The van der Waals surface area contributed by atoms with Crippen LogP contribution in [0.3, 0.4) is 0 Å². The molecule has 0 N–H and O–H groups in total. The minimum Gasteiger partial charge on any atom is -0.349 e. The molecule has 0 aliphatic carbocycles. The molecule has 0 amide bonds. The summed E-state index contributed by atoms with van der Waals surface area (Å²) in [5.74, 6) is 1.10. The zero-order chi connectivity index (χ0) is 17.3. The molecule has 2 aromatic heterocycles. The summed E-state index contributed by atoms with van der Waals surface area (Å²) in [5.41, 5.74) is 3.21. The van der Waals surface area contributed by atoms with Crippen molar-refractivity contribution in [2.45, 2.75) is 31.7 Å². The summed E-state index contributed by atoms with van der Waals surface area (Å²) in [6.07, 6.45) is 11.9. The maximum Gasteiger partial charge on any atom is 0.129 e. The van der Waals surface area contributed by atoms with Crippen LogP contribution in [0.15, 0.2) is 42.5 Å². The van der Waals surface area contributed by atoms with Gasteiger partial charge in [0, 0.05) is 13.1 Å². The van der Waals surface area contributed by atoms with Gasteiger partial charge in [0.25, 0.3) is 0 Å². The summed E-state index contributed by atoms with van der Waals surface area (Å²) in [7, 11) is 2.23. The third kappa shape index (κ3) is 3.07. The van der Waals surface area contributed by atoms with Crippen molar-refractivity contribution in [1.82, 2.24) is 14.9 Å². The van der Waals surface area contributed by atoms with E-state index in [1.165, 1.54) is 25.8 Å². The Kier molecular flexibility index (Phi) is 4.30. The number of likely N-dealkylation sites (tertiary alicyclic amines) is 1. The van der Waals surface area contributed by atoms with E-state index in [0.29, 0.717) is 5.54 Å². The number of anilines is 1. The Balaban J connectivity index is 1.60. The van der Waals surface area contributed by atoms with Crippen molar-refractivity contribution in [3.8, 4) is 0 Å². The number of likely N-dealkylation sites (N-methyl/N-ethyl adjacent to an activating group) is 1. The molecule has 2 aromatic rings. The van der Waals surface area contributed by atoms with E-state index in [-0.39, 0.29) is 0 Å². The number of allylic oxidation sites excluding steroid dienone is 3. The van der Waals surface area contributed by atoms with E-state index >= 15 is 0 Å². The quantitative estimate of drug-likeness (QED) is 0.797. The highest BCUT2D eigenvalue weighted by molar-refractivity contribution is 5.78. The van der Waals surface area contributed by atoms with Gasteiger partial charge in [0.2, 0.25) is 0 Å². The van der Waals surface area contributed by atoms with E-state index in [0.717, 1.165) is 35.6 Å². The Morgan fingerprint density at radius 2 is 1.84 bits per heavy atom. The van der Waals surface area contributed by atoms with Crippen LogP contribution >= 0.6 is 0 Å². The first-order chi connectivity index (χ1) is 12.2. The van der Waals surface area contributed by atoms with Crippen LogP contribution in [-0.2, 0) is 0 Å². The molecule has 1 atom stereocenters. The van der Waals surface area contributed by atoms with Gasteiger partial charge in [-0.15, -0.1) is 0 Å². The molecule has 0 bridgehead atoms. The molecule has 25 heavy (non-hydrogen) atoms. The van der Waals surface area contributed by atoms with Crippen molar-refractivity contribution in [1.29, 1.82) is 0 Å². The van der Waals surface area contributed by atoms with Crippen molar-refractivity contribution >= 4 is 22.9 Å². The normalized spacial score (nSPS) is 24.6. The number of rotatable bonds is 3. The lowest BCUT2D eigenvalue weighted by atomic mass is 9.78. The van der Waals surface area contributed by atoms with Gasteiger partial charge in [-0.2, -0.15) is 0 Å². The first-order valence-corrected chi connectivity index (χ1v) is 9.24. The lowest BCUT2D eigenvalue weighted by Gasteiger charge is -2.57. The smallest absolute Gasteiger partial charge is 0.129 e. The molecule has 0 saturated carbocycles.